The number of isocyanates is 1. The van der Waals surface area contributed by atoms with Crippen LogP contribution in [0.1, 0.15) is 0 Å². The van der Waals surface area contributed by atoms with E-state index in [9.17, 15) is 0 Å². The monoisotopic (exact) mass is 253 g/mol. The summed E-state index contributed by atoms with van der Waals surface area (Å²) in [4.78, 5) is 8.92. The van der Waals surface area contributed by atoms with Gasteiger partial charge in [0.1, 0.15) is 0 Å². The van der Waals surface area contributed by atoms with Crippen molar-refractivity contribution in [1.29, 1.82) is 0 Å². The summed E-state index contributed by atoms with van der Waals surface area (Å²) in [6, 6.07) is 0. The molecule has 0 aliphatic rings. The fraction of sp³-hybridized carbons (Fsp3) is 0. The molecule has 0 unspecified atom stereocenters. The Bertz CT molecular complexity index is 46.0. The van der Waals surface area contributed by atoms with Crippen LogP contribution in [0.3, 0.4) is 0 Å². The van der Waals surface area contributed by atoms with Crippen molar-refractivity contribution in [2.75, 3.05) is 0 Å². The predicted molar refractivity (Wildman–Crippen MR) is 16.7 cm³/mol. The van der Waals surface area contributed by atoms with Crippen LogP contribution in [0.15, 0.2) is 2.94 Å². The van der Waals surface area contributed by atoms with Crippen molar-refractivity contribution in [2.24, 2.45) is 2.94 Å². The van der Waals surface area contributed by atoms with Crippen LogP contribution in [-0.4, -0.2) is 31.1 Å². The van der Waals surface area contributed by atoms with Crippen molar-refractivity contribution in [3.8, 4) is 0 Å². The molecule has 3 heteroatoms. The van der Waals surface area contributed by atoms with Crippen molar-refractivity contribution < 1.29 is 4.79 Å². The van der Waals surface area contributed by atoms with Gasteiger partial charge in [-0.2, -0.15) is 0 Å². The van der Waals surface area contributed by atoms with E-state index in [1.54, 1.807) is 0 Å². The van der Waals surface area contributed by atoms with E-state index in [1.807, 2.05) is 0 Å². The van der Waals surface area contributed by atoms with Gasteiger partial charge in [0.15, 0.2) is 0 Å². The standard InChI is InChI=1S/CNO.Bi.2H/c2-1-3;;;/q-1;+1;;. The zero-order valence-electron chi connectivity index (χ0n) is 1.93. The fourth-order valence-electron chi connectivity index (χ4n) is 0. The van der Waals surface area contributed by atoms with Crippen LogP contribution in [0, 0.1) is 0 Å². The summed E-state index contributed by atoms with van der Waals surface area (Å²) in [5.41, 5.74) is 0. The molecule has 0 aromatic heterocycles. The molecule has 0 radical (unpaired) electrons. The third-order valence-electron chi connectivity index (χ3n) is 0.0527. The Labute approximate surface area is 39.2 Å². The summed E-state index contributed by atoms with van der Waals surface area (Å²) in [6.45, 7) is 0. The minimum absolute atomic E-state index is 0.433. The second-order valence-corrected chi connectivity index (χ2v) is 1.22. The molecule has 0 aromatic carbocycles. The molecule has 0 atom stereocenters. The van der Waals surface area contributed by atoms with Crippen molar-refractivity contribution in [2.45, 2.75) is 0 Å². The third kappa shape index (κ3) is 2.26. The quantitative estimate of drug-likeness (QED) is 0.305. The predicted octanol–water partition coefficient (Wildman–Crippen LogP) is -1.13. The van der Waals surface area contributed by atoms with Crippen molar-refractivity contribution in [3.05, 3.63) is 0 Å². The van der Waals surface area contributed by atoms with Crippen LogP contribution in [0.4, 0.5) is 0 Å². The van der Waals surface area contributed by atoms with Crippen molar-refractivity contribution in [1.82, 2.24) is 0 Å². The van der Waals surface area contributed by atoms with Gasteiger partial charge in [0.25, 0.3) is 0 Å². The number of carbonyl (C=O) groups excluding carboxylic acids is 1. The minimum atomic E-state index is 0.433. The molecular weight excluding hydrogens is 251 g/mol. The normalized spacial score (nSPS) is 4.25. The Hall–Kier alpha value is 0.263. The zero-order valence-corrected chi connectivity index (χ0v) is 6.42. The van der Waals surface area contributed by atoms with Gasteiger partial charge in [-0.05, 0) is 0 Å². The second-order valence-electron chi connectivity index (χ2n) is 0.220. The molecule has 0 saturated carbocycles. The summed E-state index contributed by atoms with van der Waals surface area (Å²) in [6.07, 6.45) is 1.38. The number of nitrogens with zero attached hydrogens (tertiary/aromatic N) is 1. The topological polar surface area (TPSA) is 29.4 Å². The molecule has 0 bridgehead atoms. The first-order valence-electron chi connectivity index (χ1n) is 0.686. The van der Waals surface area contributed by atoms with Gasteiger partial charge >= 0.3 is 38.8 Å². The van der Waals surface area contributed by atoms with Crippen LogP contribution >= 0.6 is 0 Å². The van der Waals surface area contributed by atoms with Gasteiger partial charge in [-0.15, -0.1) is 0 Å². The van der Waals surface area contributed by atoms with Gasteiger partial charge in [0.05, 0.1) is 0 Å². The molecule has 4 heavy (non-hydrogen) atoms. The summed E-state index contributed by atoms with van der Waals surface area (Å²) in [7, 11) is 0. The fourth-order valence-corrected chi connectivity index (χ4v) is 0. The van der Waals surface area contributed by atoms with Gasteiger partial charge in [-0.25, -0.2) is 0 Å². The second kappa shape index (κ2) is 3.26. The maximum atomic E-state index is 8.92. The first-order chi connectivity index (χ1) is 1.91. The molecule has 0 heterocycles. The van der Waals surface area contributed by atoms with E-state index in [4.69, 9.17) is 4.79 Å². The van der Waals surface area contributed by atoms with E-state index in [0.29, 0.717) is 25.0 Å². The van der Waals surface area contributed by atoms with Gasteiger partial charge in [-0.3, -0.25) is 0 Å². The SMILES string of the molecule is O=C=[N][BiH2]. The summed E-state index contributed by atoms with van der Waals surface area (Å²) < 4.78 is 3.10. The van der Waals surface area contributed by atoms with E-state index >= 15 is 0 Å². The molecular formula is CH2BiNO. The van der Waals surface area contributed by atoms with E-state index in [-0.39, 0.29) is 0 Å². The first-order valence-corrected chi connectivity index (χ1v) is 2.69. The van der Waals surface area contributed by atoms with Crippen LogP contribution in [0.5, 0.6) is 0 Å². The Kier molecular flexibility index (Phi) is 3.48. The maximum absolute atomic E-state index is 8.92. The van der Waals surface area contributed by atoms with Crippen LogP contribution in [-0.2, 0) is 4.79 Å². The van der Waals surface area contributed by atoms with Gasteiger partial charge in [0, 0.05) is 0 Å². The van der Waals surface area contributed by atoms with Crippen LogP contribution in [0.25, 0.3) is 0 Å². The number of hydrogen-bond donors (Lipinski definition) is 0. The van der Waals surface area contributed by atoms with Gasteiger partial charge in [-0.1, -0.05) is 0 Å². The Morgan fingerprint density at radius 2 is 2.25 bits per heavy atom. The molecule has 0 aliphatic heterocycles. The molecule has 0 saturated heterocycles. The van der Waals surface area contributed by atoms with E-state index in [2.05, 4.69) is 2.94 Å². The molecule has 0 N–H and O–H groups in total. The molecule has 22 valence electrons. The molecule has 0 aliphatic carbocycles. The first kappa shape index (κ1) is 4.26. The summed E-state index contributed by atoms with van der Waals surface area (Å²) >= 11 is 0.433. The van der Waals surface area contributed by atoms with E-state index < -0.39 is 0 Å². The molecule has 0 fully saturated rings. The van der Waals surface area contributed by atoms with E-state index in [1.165, 1.54) is 6.08 Å². The van der Waals surface area contributed by atoms with Crippen molar-refractivity contribution in [3.63, 3.8) is 0 Å². The number of rotatable bonds is 0. The molecule has 0 aromatic rings. The third-order valence-corrected chi connectivity index (χ3v) is 0.462. The van der Waals surface area contributed by atoms with Gasteiger partial charge < -0.3 is 0 Å². The number of hydrogen-bond acceptors (Lipinski definition) is 2. The van der Waals surface area contributed by atoms with Gasteiger partial charge in [0.2, 0.25) is 0 Å². The zero-order chi connectivity index (χ0) is 3.41. The Morgan fingerprint density at radius 3 is 2.25 bits per heavy atom. The van der Waals surface area contributed by atoms with Crippen LogP contribution < -0.4 is 0 Å². The molecule has 2 nitrogen and oxygen atoms in total. The van der Waals surface area contributed by atoms with E-state index in [0.717, 1.165) is 0 Å². The summed E-state index contributed by atoms with van der Waals surface area (Å²) in [5, 5.41) is 0. The average Bonchev–Trinajstić information content (AvgIpc) is 1.37. The molecule has 0 spiro atoms. The molecule has 0 amide bonds. The Balaban J connectivity index is 3.11. The van der Waals surface area contributed by atoms with Crippen LogP contribution in [0.2, 0.25) is 0 Å². The molecule has 0 rings (SSSR count). The Morgan fingerprint density at radius 1 is 2.00 bits per heavy atom. The average molecular weight is 253 g/mol. The van der Waals surface area contributed by atoms with Crippen molar-refractivity contribution >= 4 is 31.1 Å². The summed E-state index contributed by atoms with van der Waals surface area (Å²) in [5.74, 6) is 0.